The number of rotatable bonds is 6. The third-order valence-corrected chi connectivity index (χ3v) is 4.11. The summed E-state index contributed by atoms with van der Waals surface area (Å²) < 4.78 is 4.99. The number of nitrogens with zero attached hydrogens (tertiary/aromatic N) is 4. The molecule has 0 aromatic carbocycles. The monoisotopic (exact) mass is 340 g/mol. The molecule has 0 unspecified atom stereocenters. The number of nitrogens with one attached hydrogen (secondary N) is 2. The Hall–Kier alpha value is -2.92. The summed E-state index contributed by atoms with van der Waals surface area (Å²) in [5.74, 6) is 1.29. The molecule has 3 rings (SSSR count). The molecule has 1 fully saturated rings. The molecule has 0 saturated carbocycles. The average molecular weight is 340 g/mol. The van der Waals surface area contributed by atoms with E-state index < -0.39 is 0 Å². The van der Waals surface area contributed by atoms with Crippen LogP contribution in [0.15, 0.2) is 28.9 Å². The molecule has 1 atom stereocenters. The summed E-state index contributed by atoms with van der Waals surface area (Å²) in [6, 6.07) is 7.30. The third kappa shape index (κ3) is 4.55. The van der Waals surface area contributed by atoms with Crippen molar-refractivity contribution in [2.75, 3.05) is 36.8 Å². The molecule has 2 aromatic heterocycles. The SMILES string of the molecule is Cc1cc(NC(=O)CN2CC[C@H](CNc3ncccc3C#N)C2)on1. The molecule has 1 aliphatic heterocycles. The van der Waals surface area contributed by atoms with E-state index >= 15 is 0 Å². The Balaban J connectivity index is 1.44. The van der Waals surface area contributed by atoms with Gasteiger partial charge in [0.15, 0.2) is 0 Å². The van der Waals surface area contributed by atoms with Crippen LogP contribution in [-0.4, -0.2) is 47.1 Å². The van der Waals surface area contributed by atoms with Gasteiger partial charge in [-0.2, -0.15) is 5.26 Å². The van der Waals surface area contributed by atoms with E-state index in [0.29, 0.717) is 29.7 Å². The lowest BCUT2D eigenvalue weighted by Crippen LogP contribution is -2.32. The molecule has 0 radical (unpaired) electrons. The van der Waals surface area contributed by atoms with E-state index in [1.165, 1.54) is 0 Å². The summed E-state index contributed by atoms with van der Waals surface area (Å²) in [5.41, 5.74) is 1.27. The van der Waals surface area contributed by atoms with Gasteiger partial charge in [0.1, 0.15) is 11.9 Å². The quantitative estimate of drug-likeness (QED) is 0.823. The van der Waals surface area contributed by atoms with Crippen LogP contribution in [0.2, 0.25) is 0 Å². The lowest BCUT2D eigenvalue weighted by molar-refractivity contribution is -0.117. The first kappa shape index (κ1) is 16.9. The van der Waals surface area contributed by atoms with Crippen LogP contribution in [0.5, 0.6) is 0 Å². The maximum Gasteiger partial charge on any atom is 0.240 e. The molecule has 1 amide bonds. The fourth-order valence-corrected chi connectivity index (χ4v) is 2.90. The van der Waals surface area contributed by atoms with Gasteiger partial charge in [0, 0.05) is 25.4 Å². The minimum absolute atomic E-state index is 0.110. The van der Waals surface area contributed by atoms with Crippen molar-refractivity contribution >= 4 is 17.6 Å². The highest BCUT2D eigenvalue weighted by Crippen LogP contribution is 2.18. The summed E-state index contributed by atoms with van der Waals surface area (Å²) in [4.78, 5) is 18.3. The van der Waals surface area contributed by atoms with Crippen molar-refractivity contribution in [2.24, 2.45) is 5.92 Å². The van der Waals surface area contributed by atoms with Crippen molar-refractivity contribution in [1.29, 1.82) is 5.26 Å². The summed E-state index contributed by atoms with van der Waals surface area (Å²) in [5, 5.41) is 18.8. The van der Waals surface area contributed by atoms with Gasteiger partial charge in [0.2, 0.25) is 11.8 Å². The molecule has 0 aliphatic carbocycles. The second-order valence-corrected chi connectivity index (χ2v) is 6.16. The van der Waals surface area contributed by atoms with E-state index in [-0.39, 0.29) is 5.91 Å². The van der Waals surface area contributed by atoms with E-state index in [0.717, 1.165) is 31.7 Å². The fourth-order valence-electron chi connectivity index (χ4n) is 2.90. The van der Waals surface area contributed by atoms with Crippen molar-refractivity contribution in [1.82, 2.24) is 15.0 Å². The Kier molecular flexibility index (Phi) is 5.26. The molecule has 130 valence electrons. The second-order valence-electron chi connectivity index (χ2n) is 6.16. The normalized spacial score (nSPS) is 17.2. The highest BCUT2D eigenvalue weighted by atomic mass is 16.5. The number of amides is 1. The maximum absolute atomic E-state index is 12.0. The van der Waals surface area contributed by atoms with Crippen molar-refractivity contribution in [3.63, 3.8) is 0 Å². The first-order valence-corrected chi connectivity index (χ1v) is 8.18. The summed E-state index contributed by atoms with van der Waals surface area (Å²) in [6.07, 6.45) is 2.66. The first-order valence-electron chi connectivity index (χ1n) is 8.18. The minimum Gasteiger partial charge on any atom is -0.369 e. The number of anilines is 2. The van der Waals surface area contributed by atoms with Crippen LogP contribution < -0.4 is 10.6 Å². The molecule has 0 bridgehead atoms. The molecule has 8 heteroatoms. The molecule has 1 aliphatic rings. The number of nitriles is 1. The fraction of sp³-hybridized carbons (Fsp3) is 0.412. The largest absolute Gasteiger partial charge is 0.369 e. The van der Waals surface area contributed by atoms with Crippen LogP contribution in [0.3, 0.4) is 0 Å². The molecule has 8 nitrogen and oxygen atoms in total. The van der Waals surface area contributed by atoms with E-state index in [4.69, 9.17) is 9.78 Å². The zero-order chi connectivity index (χ0) is 17.6. The number of hydrogen-bond donors (Lipinski definition) is 2. The smallest absolute Gasteiger partial charge is 0.240 e. The van der Waals surface area contributed by atoms with Gasteiger partial charge in [-0.25, -0.2) is 4.98 Å². The van der Waals surface area contributed by atoms with Crippen molar-refractivity contribution in [3.8, 4) is 6.07 Å². The van der Waals surface area contributed by atoms with E-state index in [9.17, 15) is 4.79 Å². The topological polar surface area (TPSA) is 107 Å². The van der Waals surface area contributed by atoms with Gasteiger partial charge in [-0.1, -0.05) is 5.16 Å². The van der Waals surface area contributed by atoms with Gasteiger partial charge in [0.25, 0.3) is 0 Å². The Labute approximate surface area is 145 Å². The predicted octanol–water partition coefficient (Wildman–Crippen LogP) is 1.62. The lowest BCUT2D eigenvalue weighted by Gasteiger charge is -2.15. The number of hydrogen-bond acceptors (Lipinski definition) is 7. The molecular formula is C17H20N6O2. The van der Waals surface area contributed by atoms with Gasteiger partial charge in [-0.15, -0.1) is 0 Å². The van der Waals surface area contributed by atoms with Crippen LogP contribution in [0.4, 0.5) is 11.7 Å². The van der Waals surface area contributed by atoms with Crippen LogP contribution in [0.1, 0.15) is 17.7 Å². The zero-order valence-electron chi connectivity index (χ0n) is 14.0. The highest BCUT2D eigenvalue weighted by molar-refractivity contribution is 5.90. The number of aryl methyl sites for hydroxylation is 1. The Morgan fingerprint density at radius 3 is 3.20 bits per heavy atom. The summed E-state index contributed by atoms with van der Waals surface area (Å²) in [6.45, 7) is 4.54. The van der Waals surface area contributed by atoms with E-state index in [1.54, 1.807) is 31.3 Å². The molecule has 3 heterocycles. The molecule has 2 N–H and O–H groups in total. The summed E-state index contributed by atoms with van der Waals surface area (Å²) >= 11 is 0. The lowest BCUT2D eigenvalue weighted by atomic mass is 10.1. The van der Waals surface area contributed by atoms with Crippen LogP contribution in [0, 0.1) is 24.2 Å². The van der Waals surface area contributed by atoms with Crippen LogP contribution in [-0.2, 0) is 4.79 Å². The van der Waals surface area contributed by atoms with Gasteiger partial charge in [0.05, 0.1) is 17.8 Å². The molecule has 25 heavy (non-hydrogen) atoms. The van der Waals surface area contributed by atoms with Crippen molar-refractivity contribution in [2.45, 2.75) is 13.3 Å². The molecular weight excluding hydrogens is 320 g/mol. The third-order valence-electron chi connectivity index (χ3n) is 4.11. The molecule has 2 aromatic rings. The Morgan fingerprint density at radius 2 is 2.44 bits per heavy atom. The highest BCUT2D eigenvalue weighted by Gasteiger charge is 2.24. The number of likely N-dealkylation sites (tertiary alicyclic amines) is 1. The first-order chi connectivity index (χ1) is 12.1. The van der Waals surface area contributed by atoms with Crippen molar-refractivity contribution in [3.05, 3.63) is 35.7 Å². The predicted molar refractivity (Wildman–Crippen MR) is 91.9 cm³/mol. The Morgan fingerprint density at radius 1 is 1.56 bits per heavy atom. The second kappa shape index (κ2) is 7.77. The van der Waals surface area contributed by atoms with E-state index in [1.807, 2.05) is 0 Å². The van der Waals surface area contributed by atoms with Crippen LogP contribution in [0.25, 0.3) is 0 Å². The number of carbonyl (C=O) groups excluding carboxylic acids is 1. The van der Waals surface area contributed by atoms with Gasteiger partial charge < -0.3 is 9.84 Å². The summed E-state index contributed by atoms with van der Waals surface area (Å²) in [7, 11) is 0. The van der Waals surface area contributed by atoms with E-state index in [2.05, 4.69) is 31.7 Å². The average Bonchev–Trinajstić information content (AvgIpc) is 3.22. The standard InChI is InChI=1S/C17H20N6O2/c1-12-7-16(25-22-12)21-15(24)11-23-6-4-13(10-23)9-20-17-14(8-18)3-2-5-19-17/h2-3,5,7,13H,4,6,9-11H2,1H3,(H,19,20)(H,21,24)/t13-/m1/s1. The number of carbonyl (C=O) groups is 1. The molecule has 0 spiro atoms. The van der Waals surface area contributed by atoms with Gasteiger partial charge in [-0.3, -0.25) is 15.0 Å². The minimum atomic E-state index is -0.110. The van der Waals surface area contributed by atoms with Gasteiger partial charge in [-0.05, 0) is 37.9 Å². The Bertz CT molecular complexity index is 781. The van der Waals surface area contributed by atoms with Gasteiger partial charge >= 0.3 is 0 Å². The van der Waals surface area contributed by atoms with Crippen LogP contribution >= 0.6 is 0 Å². The molecule has 1 saturated heterocycles. The number of aromatic nitrogens is 2. The maximum atomic E-state index is 12.0. The number of pyridine rings is 1. The van der Waals surface area contributed by atoms with Crippen molar-refractivity contribution < 1.29 is 9.32 Å². The zero-order valence-corrected chi connectivity index (χ0v) is 14.0.